The molecule has 37 heavy (non-hydrogen) atoms. The molecule has 0 radical (unpaired) electrons. The molecule has 9 heteroatoms. The van der Waals surface area contributed by atoms with Crippen molar-refractivity contribution in [3.05, 3.63) is 102 Å². The summed E-state index contributed by atoms with van der Waals surface area (Å²) in [7, 11) is 0. The van der Waals surface area contributed by atoms with Gasteiger partial charge in [0.1, 0.15) is 23.1 Å². The number of aliphatic hydroxyl groups is 1. The van der Waals surface area contributed by atoms with Crippen molar-refractivity contribution in [2.75, 3.05) is 23.7 Å². The van der Waals surface area contributed by atoms with Gasteiger partial charge < -0.3 is 21.1 Å². The summed E-state index contributed by atoms with van der Waals surface area (Å²) in [6, 6.07) is 15.3. The largest absolute Gasteiger partial charge is 0.380 e. The van der Waals surface area contributed by atoms with Crippen LogP contribution in [0.15, 0.2) is 73.2 Å². The molecule has 4 aromatic rings. The van der Waals surface area contributed by atoms with Gasteiger partial charge in [-0.05, 0) is 92.4 Å². The Kier molecular flexibility index (Phi) is 7.07. The first-order valence-electron chi connectivity index (χ1n) is 12.2. The molecule has 1 aliphatic rings. The van der Waals surface area contributed by atoms with E-state index in [0.29, 0.717) is 34.3 Å². The molecule has 0 spiro atoms. The second-order valence-corrected chi connectivity index (χ2v) is 9.20. The van der Waals surface area contributed by atoms with Crippen molar-refractivity contribution < 1.29 is 13.9 Å². The van der Waals surface area contributed by atoms with E-state index in [4.69, 9.17) is 0 Å². The quantitative estimate of drug-likeness (QED) is 0.277. The highest BCUT2D eigenvalue weighted by Crippen LogP contribution is 2.42. The Morgan fingerprint density at radius 2 is 1.68 bits per heavy atom. The molecular formula is C28H28F2N6O. The van der Waals surface area contributed by atoms with Gasteiger partial charge in [0.15, 0.2) is 0 Å². The predicted octanol–water partition coefficient (Wildman–Crippen LogP) is 5.18. The highest BCUT2D eigenvalue weighted by atomic mass is 19.1. The molecule has 0 amide bonds. The fraction of sp³-hybridized carbons (Fsp3) is 0.250. The van der Waals surface area contributed by atoms with E-state index in [0.717, 1.165) is 32.1 Å². The van der Waals surface area contributed by atoms with Gasteiger partial charge in [-0.25, -0.2) is 13.8 Å². The van der Waals surface area contributed by atoms with E-state index in [1.54, 1.807) is 49.5 Å². The van der Waals surface area contributed by atoms with Crippen LogP contribution in [0.4, 0.5) is 31.9 Å². The zero-order valence-electron chi connectivity index (χ0n) is 20.4. The minimum absolute atomic E-state index is 0.148. The summed E-state index contributed by atoms with van der Waals surface area (Å²) in [4.78, 5) is 12.6. The molecule has 1 fully saturated rings. The average molecular weight is 503 g/mol. The summed E-state index contributed by atoms with van der Waals surface area (Å²) in [5.74, 6) is -0.0258. The molecule has 2 aromatic heterocycles. The number of aromatic nitrogens is 3. The standard InChI is InChI=1S/C28H28F2N6O/c1-18-16-22(6-7-24(18)29)34-26-11-15-33-27(36-26)35-21-4-2-19(3-5-21)28(37,20-8-12-31-13-9-20)23-10-14-32-17-25(23)30/h2-7,10-11,14-17,20,31,37H,8-9,12-13H2,1H3,(H2,33,34,35,36). The van der Waals surface area contributed by atoms with Crippen LogP contribution < -0.4 is 16.0 Å². The number of piperidine rings is 1. The van der Waals surface area contributed by atoms with Crippen molar-refractivity contribution in [2.24, 2.45) is 5.92 Å². The Hall–Kier alpha value is -3.95. The fourth-order valence-electron chi connectivity index (χ4n) is 4.83. The van der Waals surface area contributed by atoms with Gasteiger partial charge in [-0.3, -0.25) is 4.98 Å². The van der Waals surface area contributed by atoms with Crippen LogP contribution >= 0.6 is 0 Å². The zero-order valence-corrected chi connectivity index (χ0v) is 20.4. The average Bonchev–Trinajstić information content (AvgIpc) is 2.92. The first kappa shape index (κ1) is 24.7. The third-order valence-corrected chi connectivity index (χ3v) is 6.78. The number of halogens is 2. The van der Waals surface area contributed by atoms with Crippen LogP contribution in [-0.4, -0.2) is 33.1 Å². The van der Waals surface area contributed by atoms with Gasteiger partial charge >= 0.3 is 0 Å². The summed E-state index contributed by atoms with van der Waals surface area (Å²) in [6.45, 7) is 3.23. The van der Waals surface area contributed by atoms with E-state index in [1.165, 1.54) is 12.3 Å². The number of hydrogen-bond acceptors (Lipinski definition) is 7. The third-order valence-electron chi connectivity index (χ3n) is 6.78. The molecule has 0 bridgehead atoms. The first-order valence-corrected chi connectivity index (χ1v) is 12.2. The highest BCUT2D eigenvalue weighted by molar-refractivity contribution is 5.60. The third kappa shape index (κ3) is 5.28. The van der Waals surface area contributed by atoms with Gasteiger partial charge in [0.05, 0.1) is 6.20 Å². The molecule has 3 heterocycles. The molecule has 190 valence electrons. The van der Waals surface area contributed by atoms with Crippen LogP contribution in [0.1, 0.15) is 29.5 Å². The lowest BCUT2D eigenvalue weighted by Gasteiger charge is -2.39. The maximum atomic E-state index is 14.8. The van der Waals surface area contributed by atoms with Crippen LogP contribution in [-0.2, 0) is 5.60 Å². The summed E-state index contributed by atoms with van der Waals surface area (Å²) in [5, 5.41) is 21.6. The van der Waals surface area contributed by atoms with Gasteiger partial charge in [0, 0.05) is 29.3 Å². The van der Waals surface area contributed by atoms with Gasteiger partial charge in [0.2, 0.25) is 5.95 Å². The number of anilines is 4. The van der Waals surface area contributed by atoms with Crippen LogP contribution in [0.3, 0.4) is 0 Å². The molecule has 0 saturated carbocycles. The molecule has 1 unspecified atom stereocenters. The van der Waals surface area contributed by atoms with Gasteiger partial charge in [-0.2, -0.15) is 4.98 Å². The highest BCUT2D eigenvalue weighted by Gasteiger charge is 2.42. The zero-order chi connectivity index (χ0) is 25.8. The second-order valence-electron chi connectivity index (χ2n) is 9.20. The van der Waals surface area contributed by atoms with Crippen molar-refractivity contribution in [1.82, 2.24) is 20.3 Å². The normalized spacial score (nSPS) is 15.7. The van der Waals surface area contributed by atoms with Crippen molar-refractivity contribution >= 4 is 23.1 Å². The Balaban J connectivity index is 1.37. The number of nitrogens with one attached hydrogen (secondary N) is 3. The summed E-state index contributed by atoms with van der Waals surface area (Å²) >= 11 is 0. The van der Waals surface area contributed by atoms with Crippen LogP contribution in [0.5, 0.6) is 0 Å². The van der Waals surface area contributed by atoms with Crippen molar-refractivity contribution in [2.45, 2.75) is 25.4 Å². The minimum Gasteiger partial charge on any atom is -0.380 e. The van der Waals surface area contributed by atoms with Gasteiger partial charge in [-0.1, -0.05) is 12.1 Å². The Morgan fingerprint density at radius 1 is 0.919 bits per heavy atom. The van der Waals surface area contributed by atoms with Crippen molar-refractivity contribution in [3.63, 3.8) is 0 Å². The number of hydrogen-bond donors (Lipinski definition) is 4. The SMILES string of the molecule is Cc1cc(Nc2ccnc(Nc3ccc(C(O)(c4ccncc4F)C4CCNCC4)cc3)n2)ccc1F. The van der Waals surface area contributed by atoms with E-state index in [-0.39, 0.29) is 17.3 Å². The topological polar surface area (TPSA) is 95.0 Å². The summed E-state index contributed by atoms with van der Waals surface area (Å²) in [5.41, 5.74) is 1.32. The maximum absolute atomic E-state index is 14.8. The molecule has 5 rings (SSSR count). The van der Waals surface area contributed by atoms with Crippen LogP contribution in [0, 0.1) is 24.5 Å². The van der Waals surface area contributed by atoms with E-state index in [1.807, 2.05) is 12.1 Å². The Morgan fingerprint density at radius 3 is 2.41 bits per heavy atom. The Bertz CT molecular complexity index is 1380. The van der Waals surface area contributed by atoms with E-state index in [9.17, 15) is 13.9 Å². The fourth-order valence-corrected chi connectivity index (χ4v) is 4.83. The molecule has 2 aromatic carbocycles. The van der Waals surface area contributed by atoms with E-state index < -0.39 is 11.4 Å². The predicted molar refractivity (Wildman–Crippen MR) is 139 cm³/mol. The molecule has 7 nitrogen and oxygen atoms in total. The molecule has 1 saturated heterocycles. The molecule has 4 N–H and O–H groups in total. The number of pyridine rings is 1. The van der Waals surface area contributed by atoms with Crippen LogP contribution in [0.25, 0.3) is 0 Å². The lowest BCUT2D eigenvalue weighted by molar-refractivity contribution is -0.000694. The van der Waals surface area contributed by atoms with E-state index in [2.05, 4.69) is 30.9 Å². The lowest BCUT2D eigenvalue weighted by Crippen LogP contribution is -2.43. The van der Waals surface area contributed by atoms with Crippen molar-refractivity contribution in [3.8, 4) is 0 Å². The monoisotopic (exact) mass is 502 g/mol. The lowest BCUT2D eigenvalue weighted by atomic mass is 9.72. The second kappa shape index (κ2) is 10.6. The number of rotatable bonds is 7. The molecule has 0 aliphatic carbocycles. The van der Waals surface area contributed by atoms with Crippen molar-refractivity contribution in [1.29, 1.82) is 0 Å². The first-order chi connectivity index (χ1) is 17.9. The maximum Gasteiger partial charge on any atom is 0.229 e. The minimum atomic E-state index is -1.48. The summed E-state index contributed by atoms with van der Waals surface area (Å²) in [6.07, 6.45) is 5.71. The number of nitrogens with zero attached hydrogens (tertiary/aromatic N) is 3. The number of benzene rings is 2. The van der Waals surface area contributed by atoms with Gasteiger partial charge in [0.25, 0.3) is 0 Å². The molecule has 1 atom stereocenters. The van der Waals surface area contributed by atoms with Crippen LogP contribution in [0.2, 0.25) is 0 Å². The van der Waals surface area contributed by atoms with Gasteiger partial charge in [-0.15, -0.1) is 0 Å². The van der Waals surface area contributed by atoms with E-state index >= 15 is 0 Å². The smallest absolute Gasteiger partial charge is 0.229 e. The summed E-state index contributed by atoms with van der Waals surface area (Å²) < 4.78 is 28.4. The molecule has 1 aliphatic heterocycles. The molecular weight excluding hydrogens is 474 g/mol. The number of aryl methyl sites for hydroxylation is 1. The Labute approximate surface area is 214 Å².